The molecule has 1 atom stereocenters. The Morgan fingerprint density at radius 3 is 2.48 bits per heavy atom. The summed E-state index contributed by atoms with van der Waals surface area (Å²) in [5, 5.41) is 11.3. The number of carboxylic acid groups (broad SMARTS) is 1. The predicted molar refractivity (Wildman–Crippen MR) is 93.9 cm³/mol. The summed E-state index contributed by atoms with van der Waals surface area (Å²) in [5.74, 6) is -0.831. The fraction of sp³-hybridized carbons (Fsp3) is 0.421. The Labute approximate surface area is 141 Å². The van der Waals surface area contributed by atoms with E-state index in [9.17, 15) is 9.90 Å². The minimum absolute atomic E-state index is 0.183. The maximum Gasteiger partial charge on any atom is 0.306 e. The molecule has 1 N–H and O–H groups in total. The Kier molecular flexibility index (Phi) is 5.13. The highest BCUT2D eigenvalue weighted by Gasteiger charge is 2.30. The summed E-state index contributed by atoms with van der Waals surface area (Å²) < 4.78 is 0. The number of rotatable bonds is 5. The lowest BCUT2D eigenvalue weighted by atomic mass is 9.93. The highest BCUT2D eigenvalue weighted by Crippen LogP contribution is 2.34. The smallest absolute Gasteiger partial charge is 0.306 e. The van der Waals surface area contributed by atoms with Gasteiger partial charge in [-0.2, -0.15) is 0 Å². The van der Waals surface area contributed by atoms with E-state index < -0.39 is 5.97 Å². The maximum atomic E-state index is 11.2. The molecule has 0 saturated carbocycles. The first kappa shape index (κ1) is 16.2. The van der Waals surface area contributed by atoms with Gasteiger partial charge in [0.05, 0.1) is 12.0 Å². The number of aliphatic carboxylic acids is 1. The van der Waals surface area contributed by atoms with Gasteiger partial charge in [-0.25, -0.2) is 0 Å². The second kappa shape index (κ2) is 7.28. The van der Waals surface area contributed by atoms with Gasteiger partial charge in [0.1, 0.15) is 0 Å². The van der Waals surface area contributed by atoms with Crippen LogP contribution in [0.4, 0.5) is 0 Å². The van der Waals surface area contributed by atoms with Crippen LogP contribution in [0.15, 0.2) is 41.8 Å². The summed E-state index contributed by atoms with van der Waals surface area (Å²) in [7, 11) is 0. The van der Waals surface area contributed by atoms with Crippen LogP contribution < -0.4 is 0 Å². The van der Waals surface area contributed by atoms with Gasteiger partial charge in [-0.05, 0) is 54.9 Å². The first-order valence-corrected chi connectivity index (χ1v) is 9.16. The van der Waals surface area contributed by atoms with E-state index in [2.05, 4.69) is 53.6 Å². The summed E-state index contributed by atoms with van der Waals surface area (Å²) in [6, 6.07) is 13.4. The summed E-state index contributed by atoms with van der Waals surface area (Å²) in [6.45, 7) is 3.85. The largest absolute Gasteiger partial charge is 0.481 e. The number of benzene rings is 1. The predicted octanol–water partition coefficient (Wildman–Crippen LogP) is 4.20. The summed E-state index contributed by atoms with van der Waals surface area (Å²) in [4.78, 5) is 15.0. The minimum Gasteiger partial charge on any atom is -0.481 e. The van der Waals surface area contributed by atoms with E-state index in [1.165, 1.54) is 16.0 Å². The number of hydrogen-bond acceptors (Lipinski definition) is 3. The van der Waals surface area contributed by atoms with E-state index in [4.69, 9.17) is 0 Å². The van der Waals surface area contributed by atoms with Gasteiger partial charge in [-0.3, -0.25) is 9.69 Å². The van der Waals surface area contributed by atoms with Gasteiger partial charge in [-0.1, -0.05) is 37.3 Å². The van der Waals surface area contributed by atoms with Crippen LogP contribution in [-0.2, 0) is 11.2 Å². The molecule has 1 unspecified atom stereocenters. The number of carbonyl (C=O) groups is 1. The zero-order valence-electron chi connectivity index (χ0n) is 13.4. The van der Waals surface area contributed by atoms with E-state index >= 15 is 0 Å². The third-order valence-corrected chi connectivity index (χ3v) is 5.69. The highest BCUT2D eigenvalue weighted by molar-refractivity contribution is 7.10. The van der Waals surface area contributed by atoms with Crippen LogP contribution in [0.1, 0.15) is 41.8 Å². The fourth-order valence-corrected chi connectivity index (χ4v) is 4.23. The molecule has 2 heterocycles. The molecule has 2 aromatic rings. The number of aryl methyl sites for hydroxylation is 1. The summed E-state index contributed by atoms with van der Waals surface area (Å²) >= 11 is 1.78. The lowest BCUT2D eigenvalue weighted by molar-refractivity contribution is -0.143. The van der Waals surface area contributed by atoms with Crippen LogP contribution in [0.2, 0.25) is 0 Å². The summed E-state index contributed by atoms with van der Waals surface area (Å²) in [6.07, 6.45) is 2.53. The Morgan fingerprint density at radius 2 is 1.96 bits per heavy atom. The van der Waals surface area contributed by atoms with Gasteiger partial charge in [0.25, 0.3) is 0 Å². The van der Waals surface area contributed by atoms with Crippen molar-refractivity contribution in [2.45, 2.75) is 32.2 Å². The molecule has 0 bridgehead atoms. The third kappa shape index (κ3) is 3.65. The van der Waals surface area contributed by atoms with Gasteiger partial charge >= 0.3 is 5.97 Å². The van der Waals surface area contributed by atoms with Crippen LogP contribution in [0, 0.1) is 5.92 Å². The van der Waals surface area contributed by atoms with Crippen LogP contribution in [0.5, 0.6) is 0 Å². The molecule has 1 aliphatic rings. The molecule has 1 fully saturated rings. The van der Waals surface area contributed by atoms with Crippen LogP contribution >= 0.6 is 11.3 Å². The van der Waals surface area contributed by atoms with Crippen LogP contribution in [0.25, 0.3) is 0 Å². The van der Waals surface area contributed by atoms with Gasteiger partial charge in [-0.15, -0.1) is 11.3 Å². The fourth-order valence-electron chi connectivity index (χ4n) is 3.34. The molecular weight excluding hydrogens is 306 g/mol. The van der Waals surface area contributed by atoms with E-state index in [1.807, 2.05) is 0 Å². The Morgan fingerprint density at radius 1 is 1.26 bits per heavy atom. The van der Waals surface area contributed by atoms with Crippen molar-refractivity contribution < 1.29 is 9.90 Å². The van der Waals surface area contributed by atoms with Crippen molar-refractivity contribution in [3.05, 3.63) is 57.8 Å². The van der Waals surface area contributed by atoms with Gasteiger partial charge in [0.2, 0.25) is 0 Å². The van der Waals surface area contributed by atoms with Crippen molar-refractivity contribution in [3.8, 4) is 0 Å². The standard InChI is InChI=1S/C19H23NO2S/c1-2-14-5-7-15(8-6-14)18(17-4-3-13-23-17)20-11-9-16(10-12-20)19(21)22/h3-8,13,16,18H,2,9-12H2,1H3,(H,21,22). The lowest BCUT2D eigenvalue weighted by Crippen LogP contribution is -2.39. The molecule has 0 aliphatic carbocycles. The molecular formula is C19H23NO2S. The number of likely N-dealkylation sites (tertiary alicyclic amines) is 1. The number of hydrogen-bond donors (Lipinski definition) is 1. The molecule has 23 heavy (non-hydrogen) atoms. The molecule has 3 nitrogen and oxygen atoms in total. The van der Waals surface area contributed by atoms with Crippen molar-refractivity contribution >= 4 is 17.3 Å². The van der Waals surface area contributed by atoms with Crippen molar-refractivity contribution in [1.29, 1.82) is 0 Å². The van der Waals surface area contributed by atoms with Crippen molar-refractivity contribution in [3.63, 3.8) is 0 Å². The van der Waals surface area contributed by atoms with Gasteiger partial charge in [0.15, 0.2) is 0 Å². The van der Waals surface area contributed by atoms with Crippen LogP contribution in [-0.4, -0.2) is 29.1 Å². The molecule has 1 aromatic heterocycles. The first-order chi connectivity index (χ1) is 11.2. The molecule has 1 saturated heterocycles. The molecule has 1 aromatic carbocycles. The topological polar surface area (TPSA) is 40.5 Å². The summed E-state index contributed by atoms with van der Waals surface area (Å²) in [5.41, 5.74) is 2.65. The number of nitrogens with zero attached hydrogens (tertiary/aromatic N) is 1. The minimum atomic E-state index is -0.648. The molecule has 3 rings (SSSR count). The van der Waals surface area contributed by atoms with Crippen molar-refractivity contribution in [2.24, 2.45) is 5.92 Å². The van der Waals surface area contributed by atoms with E-state index in [1.54, 1.807) is 11.3 Å². The number of carboxylic acids is 1. The number of piperidine rings is 1. The monoisotopic (exact) mass is 329 g/mol. The van der Waals surface area contributed by atoms with Gasteiger partial charge < -0.3 is 5.11 Å². The molecule has 1 aliphatic heterocycles. The number of thiophene rings is 1. The quantitative estimate of drug-likeness (QED) is 0.894. The third-order valence-electron chi connectivity index (χ3n) is 4.76. The van der Waals surface area contributed by atoms with E-state index in [0.29, 0.717) is 0 Å². The van der Waals surface area contributed by atoms with Crippen LogP contribution in [0.3, 0.4) is 0 Å². The Bertz CT molecular complexity index is 628. The Balaban J connectivity index is 1.83. The first-order valence-electron chi connectivity index (χ1n) is 8.28. The van der Waals surface area contributed by atoms with Crippen molar-refractivity contribution in [2.75, 3.05) is 13.1 Å². The molecule has 0 amide bonds. The molecule has 0 spiro atoms. The van der Waals surface area contributed by atoms with E-state index in [0.717, 1.165) is 32.4 Å². The van der Waals surface area contributed by atoms with E-state index in [-0.39, 0.29) is 12.0 Å². The lowest BCUT2D eigenvalue weighted by Gasteiger charge is -2.36. The van der Waals surface area contributed by atoms with Crippen molar-refractivity contribution in [1.82, 2.24) is 4.90 Å². The maximum absolute atomic E-state index is 11.2. The zero-order valence-corrected chi connectivity index (χ0v) is 14.3. The van der Waals surface area contributed by atoms with Gasteiger partial charge in [0, 0.05) is 4.88 Å². The second-order valence-electron chi connectivity index (χ2n) is 6.16. The normalized spacial score (nSPS) is 18.0. The molecule has 122 valence electrons. The zero-order chi connectivity index (χ0) is 16.2. The second-order valence-corrected chi connectivity index (χ2v) is 7.14. The SMILES string of the molecule is CCc1ccc(C(c2cccs2)N2CCC(C(=O)O)CC2)cc1. The average molecular weight is 329 g/mol. The average Bonchev–Trinajstić information content (AvgIpc) is 3.10. The molecule has 4 heteroatoms. The molecule has 0 radical (unpaired) electrons. The Hall–Kier alpha value is -1.65. The highest BCUT2D eigenvalue weighted by atomic mass is 32.1.